The zero-order chi connectivity index (χ0) is 30.5. The van der Waals surface area contributed by atoms with Crippen molar-refractivity contribution in [2.24, 2.45) is 0 Å². The van der Waals surface area contributed by atoms with E-state index in [9.17, 15) is 4.79 Å². The molecule has 8 nitrogen and oxygen atoms in total. The summed E-state index contributed by atoms with van der Waals surface area (Å²) >= 11 is 14.3. The summed E-state index contributed by atoms with van der Waals surface area (Å²) in [6.45, 7) is 8.47. The smallest absolute Gasteiger partial charge is 0.255 e. The molecule has 1 aromatic heterocycles. The maximum Gasteiger partial charge on any atom is 0.255 e. The zero-order valence-electron chi connectivity index (χ0n) is 24.4. The highest BCUT2D eigenvalue weighted by Gasteiger charge is 2.35. The molecule has 0 saturated heterocycles. The first-order chi connectivity index (χ1) is 20.8. The van der Waals surface area contributed by atoms with Crippen molar-refractivity contribution < 1.29 is 14.3 Å². The van der Waals surface area contributed by atoms with Gasteiger partial charge in [0.05, 0.1) is 12.2 Å². The molecule has 4 aromatic rings. The Morgan fingerprint density at radius 1 is 1.02 bits per heavy atom. The van der Waals surface area contributed by atoms with Crippen LogP contribution >= 0.6 is 35.0 Å². The van der Waals surface area contributed by atoms with Crippen molar-refractivity contribution in [2.45, 2.75) is 51.9 Å². The summed E-state index contributed by atoms with van der Waals surface area (Å²) in [6, 6.07) is 18.1. The first-order valence-corrected chi connectivity index (χ1v) is 15.8. The van der Waals surface area contributed by atoms with Crippen molar-refractivity contribution in [3.63, 3.8) is 0 Å². The number of aromatic nitrogens is 3. The number of aryl methyl sites for hydroxylation is 1. The molecule has 2 N–H and O–H groups in total. The summed E-state index contributed by atoms with van der Waals surface area (Å²) in [6.07, 6.45) is 0.991. The van der Waals surface area contributed by atoms with E-state index in [-0.39, 0.29) is 12.5 Å². The minimum atomic E-state index is -0.573. The molecule has 1 aliphatic heterocycles. The summed E-state index contributed by atoms with van der Waals surface area (Å²) in [7, 11) is 0. The predicted octanol–water partition coefficient (Wildman–Crippen LogP) is 8.30. The summed E-state index contributed by atoms with van der Waals surface area (Å²) in [5.74, 6) is 2.27. The Labute approximate surface area is 265 Å². The van der Waals surface area contributed by atoms with Crippen LogP contribution in [0.5, 0.6) is 11.5 Å². The van der Waals surface area contributed by atoms with E-state index in [0.717, 1.165) is 23.3 Å². The highest BCUT2D eigenvalue weighted by atomic mass is 35.5. The van der Waals surface area contributed by atoms with Gasteiger partial charge in [0.2, 0.25) is 11.1 Å². The number of benzene rings is 3. The van der Waals surface area contributed by atoms with Crippen molar-refractivity contribution in [1.29, 1.82) is 0 Å². The number of amides is 1. The second kappa shape index (κ2) is 13.8. The van der Waals surface area contributed by atoms with Crippen molar-refractivity contribution in [1.82, 2.24) is 14.8 Å². The van der Waals surface area contributed by atoms with Gasteiger partial charge in [-0.15, -0.1) is 5.10 Å². The lowest BCUT2D eigenvalue weighted by atomic mass is 9.94. The average Bonchev–Trinajstić information content (AvgIpc) is 3.38. The molecule has 11 heteroatoms. The van der Waals surface area contributed by atoms with Gasteiger partial charge in [0.25, 0.3) is 5.91 Å². The van der Waals surface area contributed by atoms with Gasteiger partial charge >= 0.3 is 0 Å². The summed E-state index contributed by atoms with van der Waals surface area (Å²) in [4.78, 5) is 18.6. The topological polar surface area (TPSA) is 90.3 Å². The van der Waals surface area contributed by atoms with Gasteiger partial charge in [0, 0.05) is 32.7 Å². The lowest BCUT2D eigenvalue weighted by Gasteiger charge is -2.29. The third-order valence-corrected chi connectivity index (χ3v) is 8.56. The van der Waals surface area contributed by atoms with Crippen LogP contribution in [0, 0.1) is 6.92 Å². The maximum atomic E-state index is 13.9. The van der Waals surface area contributed by atoms with Crippen LogP contribution in [-0.2, 0) is 11.4 Å². The number of fused-ring (bicyclic) bond motifs is 1. The van der Waals surface area contributed by atoms with Gasteiger partial charge in [0.15, 0.2) is 11.5 Å². The fourth-order valence-corrected chi connectivity index (χ4v) is 6.00. The minimum Gasteiger partial charge on any atom is -0.490 e. The number of hydrogen-bond acceptors (Lipinski definition) is 7. The number of nitrogens with zero attached hydrogens (tertiary/aromatic N) is 3. The van der Waals surface area contributed by atoms with Crippen LogP contribution in [0.2, 0.25) is 10.0 Å². The number of rotatable bonds is 11. The molecule has 0 fully saturated rings. The van der Waals surface area contributed by atoms with Crippen LogP contribution in [0.3, 0.4) is 0 Å². The summed E-state index contributed by atoms with van der Waals surface area (Å²) < 4.78 is 13.9. The standard InChI is InChI=1S/C32H33Cl2N5O3S/c1-5-15-43-32-37-31-35-20(4)28(30(40)36-22-10-7-9-19(3)16-22)29(39(31)38-32)21-13-14-26(27(17-21)41-6-2)42-18-23-24(33)11-8-12-25(23)34/h7-14,16-17,29H,5-6,15,18H2,1-4H3,(H,36,40)(H,35,37,38). The molecular weight excluding hydrogens is 605 g/mol. The van der Waals surface area contributed by atoms with Gasteiger partial charge in [-0.2, -0.15) is 4.98 Å². The van der Waals surface area contributed by atoms with Crippen LogP contribution in [0.15, 0.2) is 77.1 Å². The molecule has 3 aromatic carbocycles. The van der Waals surface area contributed by atoms with E-state index in [1.165, 1.54) is 0 Å². The summed E-state index contributed by atoms with van der Waals surface area (Å²) in [5, 5.41) is 12.9. The van der Waals surface area contributed by atoms with E-state index in [2.05, 4.69) is 17.6 Å². The Bertz CT molecular complexity index is 1650. The third-order valence-electron chi connectivity index (χ3n) is 6.81. The first kappa shape index (κ1) is 30.8. The lowest BCUT2D eigenvalue weighted by Crippen LogP contribution is -2.31. The van der Waals surface area contributed by atoms with Crippen LogP contribution in [0.1, 0.15) is 49.9 Å². The van der Waals surface area contributed by atoms with E-state index < -0.39 is 6.04 Å². The molecule has 224 valence electrons. The lowest BCUT2D eigenvalue weighted by molar-refractivity contribution is -0.113. The number of anilines is 2. The largest absolute Gasteiger partial charge is 0.490 e. The third kappa shape index (κ3) is 6.95. The van der Waals surface area contributed by atoms with Crippen LogP contribution in [-0.4, -0.2) is 33.0 Å². The number of thioether (sulfide) groups is 1. The molecule has 0 spiro atoms. The molecule has 1 amide bonds. The number of nitrogens with one attached hydrogen (secondary N) is 2. The fourth-order valence-electron chi connectivity index (χ4n) is 4.81. The Morgan fingerprint density at radius 2 is 1.79 bits per heavy atom. The van der Waals surface area contributed by atoms with Crippen molar-refractivity contribution in [3.05, 3.63) is 98.7 Å². The Balaban J connectivity index is 1.54. The molecule has 0 aliphatic carbocycles. The monoisotopic (exact) mass is 637 g/mol. The Kier molecular flexibility index (Phi) is 9.85. The summed E-state index contributed by atoms with van der Waals surface area (Å²) in [5.41, 5.74) is 4.45. The first-order valence-electron chi connectivity index (χ1n) is 14.1. The number of allylic oxidation sites excluding steroid dienone is 1. The van der Waals surface area contributed by atoms with Gasteiger partial charge in [-0.05, 0) is 74.7 Å². The maximum absolute atomic E-state index is 13.9. The van der Waals surface area contributed by atoms with Gasteiger partial charge in [-0.3, -0.25) is 4.79 Å². The normalized spacial score (nSPS) is 14.2. The van der Waals surface area contributed by atoms with Gasteiger partial charge in [-0.1, -0.05) is 66.2 Å². The predicted molar refractivity (Wildman–Crippen MR) is 174 cm³/mol. The molecule has 1 aliphatic rings. The molecule has 5 rings (SSSR count). The second-order valence-corrected chi connectivity index (χ2v) is 11.9. The number of carbonyl (C=O) groups excluding carboxylic acids is 1. The van der Waals surface area contributed by atoms with Crippen LogP contribution in [0.4, 0.5) is 11.6 Å². The van der Waals surface area contributed by atoms with Crippen molar-refractivity contribution >= 4 is 52.5 Å². The van der Waals surface area contributed by atoms with E-state index in [1.54, 1.807) is 34.6 Å². The molecule has 1 unspecified atom stereocenters. The number of halogens is 2. The molecule has 43 heavy (non-hydrogen) atoms. The molecule has 0 radical (unpaired) electrons. The van der Waals surface area contributed by atoms with E-state index in [1.807, 2.05) is 63.2 Å². The average molecular weight is 639 g/mol. The zero-order valence-corrected chi connectivity index (χ0v) is 26.7. The van der Waals surface area contributed by atoms with E-state index in [4.69, 9.17) is 42.8 Å². The highest BCUT2D eigenvalue weighted by Crippen LogP contribution is 2.40. The minimum absolute atomic E-state index is 0.166. The SMILES string of the molecule is CCCSc1nc2n(n1)C(c1ccc(OCc3c(Cl)cccc3Cl)c(OCC)c1)C(C(=O)Nc1cccc(C)c1)=C(C)N2. The number of hydrogen-bond donors (Lipinski definition) is 2. The molecule has 2 heterocycles. The van der Waals surface area contributed by atoms with Crippen molar-refractivity contribution in [2.75, 3.05) is 23.0 Å². The number of carbonyl (C=O) groups is 1. The van der Waals surface area contributed by atoms with Gasteiger partial charge in [0.1, 0.15) is 12.6 Å². The Hall–Kier alpha value is -3.66. The van der Waals surface area contributed by atoms with Gasteiger partial charge in [-0.25, -0.2) is 4.68 Å². The van der Waals surface area contributed by atoms with Crippen LogP contribution < -0.4 is 20.1 Å². The fraction of sp³-hybridized carbons (Fsp3) is 0.281. The molecule has 1 atom stereocenters. The quantitative estimate of drug-likeness (QED) is 0.160. The molecule has 0 bridgehead atoms. The van der Waals surface area contributed by atoms with E-state index >= 15 is 0 Å². The van der Waals surface area contributed by atoms with Crippen LogP contribution in [0.25, 0.3) is 0 Å². The number of ether oxygens (including phenoxy) is 2. The van der Waals surface area contributed by atoms with Crippen molar-refractivity contribution in [3.8, 4) is 11.5 Å². The molecule has 0 saturated carbocycles. The highest BCUT2D eigenvalue weighted by molar-refractivity contribution is 7.99. The van der Waals surface area contributed by atoms with Gasteiger partial charge < -0.3 is 20.1 Å². The second-order valence-electron chi connectivity index (χ2n) is 10.0. The van der Waals surface area contributed by atoms with E-state index in [0.29, 0.717) is 61.8 Å². The molecular formula is C32H33Cl2N5O3S. The Morgan fingerprint density at radius 3 is 2.51 bits per heavy atom.